The van der Waals surface area contributed by atoms with Gasteiger partial charge < -0.3 is 15.3 Å². The van der Waals surface area contributed by atoms with E-state index in [2.05, 4.69) is 26.3 Å². The lowest BCUT2D eigenvalue weighted by Gasteiger charge is -2.15. The molecule has 0 bridgehead atoms. The highest BCUT2D eigenvalue weighted by atomic mass is 79.9. The summed E-state index contributed by atoms with van der Waals surface area (Å²) in [6.07, 6.45) is 1.59. The molecule has 1 rings (SSSR count). The van der Waals surface area contributed by atoms with Gasteiger partial charge in [0.2, 0.25) is 0 Å². The van der Waals surface area contributed by atoms with Crippen LogP contribution in [0.3, 0.4) is 0 Å². The van der Waals surface area contributed by atoms with Gasteiger partial charge in [-0.05, 0) is 36.9 Å². The van der Waals surface area contributed by atoms with Crippen molar-refractivity contribution in [2.45, 2.75) is 19.5 Å². The molecule has 0 aliphatic heterocycles. The van der Waals surface area contributed by atoms with Crippen LogP contribution in [0.15, 0.2) is 15.5 Å². The number of nitrogens with one attached hydrogen (secondary N) is 1. The van der Waals surface area contributed by atoms with Crippen molar-refractivity contribution >= 4 is 21.6 Å². The SMILES string of the molecule is CC(CO)Nc1cnn(CCN(C)C)c(=O)c1Br. The summed E-state index contributed by atoms with van der Waals surface area (Å²) in [5.41, 5.74) is 0.426. The number of nitrogens with zero attached hydrogens (tertiary/aromatic N) is 3. The van der Waals surface area contributed by atoms with E-state index in [4.69, 9.17) is 5.11 Å². The zero-order valence-corrected chi connectivity index (χ0v) is 12.4. The Morgan fingerprint density at radius 1 is 1.61 bits per heavy atom. The molecule has 1 aromatic rings. The van der Waals surface area contributed by atoms with Crippen molar-refractivity contribution < 1.29 is 5.11 Å². The van der Waals surface area contributed by atoms with Gasteiger partial charge in [-0.3, -0.25) is 4.79 Å². The molecule has 1 aromatic heterocycles. The molecule has 0 aliphatic carbocycles. The van der Waals surface area contributed by atoms with E-state index in [-0.39, 0.29) is 18.2 Å². The van der Waals surface area contributed by atoms with Crippen LogP contribution in [0.1, 0.15) is 6.92 Å². The van der Waals surface area contributed by atoms with Crippen LogP contribution in [0.25, 0.3) is 0 Å². The Kier molecular flexibility index (Phi) is 5.77. The van der Waals surface area contributed by atoms with Crippen molar-refractivity contribution in [3.63, 3.8) is 0 Å². The average Bonchev–Trinajstić information content (AvgIpc) is 2.33. The third-order valence-electron chi connectivity index (χ3n) is 2.42. The predicted octanol–water partition coefficient (Wildman–Crippen LogP) is 0.360. The summed E-state index contributed by atoms with van der Waals surface area (Å²) in [4.78, 5) is 14.0. The predicted molar refractivity (Wildman–Crippen MR) is 74.9 cm³/mol. The topological polar surface area (TPSA) is 70.4 Å². The lowest BCUT2D eigenvalue weighted by molar-refractivity contribution is 0.281. The Hall–Kier alpha value is -0.920. The standard InChI is InChI=1S/C11H19BrN4O2/c1-8(7-17)14-9-6-13-16(5-4-15(2)3)11(18)10(9)12/h6,8,14,17H,4-5,7H2,1-3H3. The molecule has 0 aromatic carbocycles. The van der Waals surface area contributed by atoms with Crippen LogP contribution in [-0.2, 0) is 6.54 Å². The number of aromatic nitrogens is 2. The maximum Gasteiger partial charge on any atom is 0.283 e. The monoisotopic (exact) mass is 318 g/mol. The van der Waals surface area contributed by atoms with Gasteiger partial charge in [-0.25, -0.2) is 4.68 Å². The van der Waals surface area contributed by atoms with Crippen LogP contribution in [0.2, 0.25) is 0 Å². The van der Waals surface area contributed by atoms with Crippen LogP contribution in [0.5, 0.6) is 0 Å². The first-order valence-electron chi connectivity index (χ1n) is 5.73. The highest BCUT2D eigenvalue weighted by Crippen LogP contribution is 2.16. The molecular weight excluding hydrogens is 300 g/mol. The van der Waals surface area contributed by atoms with E-state index in [0.717, 1.165) is 6.54 Å². The van der Waals surface area contributed by atoms with Crippen LogP contribution in [0.4, 0.5) is 5.69 Å². The van der Waals surface area contributed by atoms with Crippen LogP contribution < -0.4 is 10.9 Å². The van der Waals surface area contributed by atoms with Gasteiger partial charge in [0.25, 0.3) is 5.56 Å². The van der Waals surface area contributed by atoms with E-state index in [9.17, 15) is 4.79 Å². The van der Waals surface area contributed by atoms with Gasteiger partial charge in [-0.2, -0.15) is 5.10 Å². The Morgan fingerprint density at radius 3 is 2.83 bits per heavy atom. The minimum atomic E-state index is -0.174. The van der Waals surface area contributed by atoms with Crippen molar-refractivity contribution in [2.75, 3.05) is 32.6 Å². The molecule has 18 heavy (non-hydrogen) atoms. The number of rotatable bonds is 6. The number of halogens is 1. The van der Waals surface area contributed by atoms with E-state index in [1.165, 1.54) is 4.68 Å². The minimum Gasteiger partial charge on any atom is -0.394 e. The molecule has 0 amide bonds. The van der Waals surface area contributed by atoms with Gasteiger partial charge in [-0.15, -0.1) is 0 Å². The Morgan fingerprint density at radius 2 is 2.28 bits per heavy atom. The lowest BCUT2D eigenvalue weighted by atomic mass is 10.3. The fraction of sp³-hybridized carbons (Fsp3) is 0.636. The molecule has 0 saturated carbocycles. The zero-order chi connectivity index (χ0) is 13.7. The van der Waals surface area contributed by atoms with Gasteiger partial charge in [0, 0.05) is 12.6 Å². The van der Waals surface area contributed by atoms with Crippen molar-refractivity contribution in [1.29, 1.82) is 0 Å². The molecule has 6 nitrogen and oxygen atoms in total. The molecule has 1 heterocycles. The number of hydrogen-bond acceptors (Lipinski definition) is 5. The summed E-state index contributed by atoms with van der Waals surface area (Å²) >= 11 is 3.26. The largest absolute Gasteiger partial charge is 0.394 e. The molecule has 7 heteroatoms. The Labute approximate surface area is 115 Å². The maximum absolute atomic E-state index is 12.0. The van der Waals surface area contributed by atoms with Crippen molar-refractivity contribution in [3.8, 4) is 0 Å². The second-order valence-electron chi connectivity index (χ2n) is 4.43. The average molecular weight is 319 g/mol. The molecular formula is C11H19BrN4O2. The molecule has 0 radical (unpaired) electrons. The molecule has 0 aliphatic rings. The number of anilines is 1. The van der Waals surface area contributed by atoms with Crippen molar-refractivity contribution in [1.82, 2.24) is 14.7 Å². The first-order valence-corrected chi connectivity index (χ1v) is 6.52. The second-order valence-corrected chi connectivity index (χ2v) is 5.22. The summed E-state index contributed by atoms with van der Waals surface area (Å²) in [6.45, 7) is 3.11. The third kappa shape index (κ3) is 4.08. The van der Waals surface area contributed by atoms with Gasteiger partial charge in [0.05, 0.1) is 25.0 Å². The molecule has 1 unspecified atom stereocenters. The van der Waals surface area contributed by atoms with Crippen LogP contribution in [0, 0.1) is 0 Å². The molecule has 2 N–H and O–H groups in total. The summed E-state index contributed by atoms with van der Waals surface area (Å²) < 4.78 is 1.86. The first-order chi connectivity index (χ1) is 8.45. The van der Waals surface area contributed by atoms with E-state index < -0.39 is 0 Å². The summed E-state index contributed by atoms with van der Waals surface area (Å²) in [6, 6.07) is -0.125. The van der Waals surface area contributed by atoms with Gasteiger partial charge in [-0.1, -0.05) is 0 Å². The first kappa shape index (κ1) is 15.1. The number of aliphatic hydroxyl groups excluding tert-OH is 1. The van der Waals surface area contributed by atoms with E-state index in [0.29, 0.717) is 16.7 Å². The molecule has 1 atom stereocenters. The number of hydrogen-bond donors (Lipinski definition) is 2. The number of aliphatic hydroxyl groups is 1. The van der Waals surface area contributed by atoms with Crippen molar-refractivity contribution in [2.24, 2.45) is 0 Å². The Bertz CT molecular complexity index is 447. The van der Waals surface area contributed by atoms with Gasteiger partial charge in [0.1, 0.15) is 4.47 Å². The zero-order valence-electron chi connectivity index (χ0n) is 10.9. The van der Waals surface area contributed by atoms with E-state index in [1.807, 2.05) is 25.9 Å². The van der Waals surface area contributed by atoms with E-state index >= 15 is 0 Å². The minimum absolute atomic E-state index is 0.00382. The van der Waals surface area contributed by atoms with Crippen LogP contribution >= 0.6 is 15.9 Å². The van der Waals surface area contributed by atoms with Gasteiger partial charge >= 0.3 is 0 Å². The highest BCUT2D eigenvalue weighted by Gasteiger charge is 2.10. The van der Waals surface area contributed by atoms with Crippen LogP contribution in [-0.4, -0.2) is 53.1 Å². The quantitative estimate of drug-likeness (QED) is 0.792. The molecule has 102 valence electrons. The third-order valence-corrected chi connectivity index (χ3v) is 3.19. The summed E-state index contributed by atoms with van der Waals surface area (Å²) in [5, 5.41) is 16.1. The van der Waals surface area contributed by atoms with Gasteiger partial charge in [0.15, 0.2) is 0 Å². The fourth-order valence-electron chi connectivity index (χ4n) is 1.33. The smallest absolute Gasteiger partial charge is 0.283 e. The highest BCUT2D eigenvalue weighted by molar-refractivity contribution is 9.10. The molecule has 0 saturated heterocycles. The fourth-order valence-corrected chi connectivity index (χ4v) is 1.75. The van der Waals surface area contributed by atoms with E-state index in [1.54, 1.807) is 6.20 Å². The summed E-state index contributed by atoms with van der Waals surface area (Å²) in [7, 11) is 3.89. The Balaban J connectivity index is 2.88. The molecule has 0 spiro atoms. The molecule has 0 fully saturated rings. The second kappa shape index (κ2) is 6.86. The lowest BCUT2D eigenvalue weighted by Crippen LogP contribution is -2.30. The van der Waals surface area contributed by atoms with Crippen molar-refractivity contribution in [3.05, 3.63) is 21.0 Å². The summed E-state index contributed by atoms with van der Waals surface area (Å²) in [5.74, 6) is 0. The normalized spacial score (nSPS) is 12.8. The number of likely N-dealkylation sites (N-methyl/N-ethyl adjacent to an activating group) is 1. The maximum atomic E-state index is 12.0.